The van der Waals surface area contributed by atoms with Crippen LogP contribution < -0.4 is 0 Å². The van der Waals surface area contributed by atoms with Crippen molar-refractivity contribution in [3.63, 3.8) is 0 Å². The van der Waals surface area contributed by atoms with E-state index in [1.165, 1.54) is 17.0 Å². The van der Waals surface area contributed by atoms with E-state index in [1.807, 2.05) is 0 Å². The van der Waals surface area contributed by atoms with Gasteiger partial charge in [-0.2, -0.15) is 13.2 Å². The van der Waals surface area contributed by atoms with Crippen molar-refractivity contribution in [2.45, 2.75) is 24.6 Å². The highest BCUT2D eigenvalue weighted by molar-refractivity contribution is 9.10. The molecule has 0 unspecified atom stereocenters. The van der Waals surface area contributed by atoms with E-state index in [0.717, 1.165) is 18.9 Å². The van der Waals surface area contributed by atoms with Crippen molar-refractivity contribution in [2.75, 3.05) is 13.1 Å². The van der Waals surface area contributed by atoms with Crippen LogP contribution >= 0.6 is 15.9 Å². The van der Waals surface area contributed by atoms with Crippen LogP contribution in [-0.4, -0.2) is 34.6 Å². The summed E-state index contributed by atoms with van der Waals surface area (Å²) >= 11 is 2.99. The molecular weight excluding hydrogens is 351 g/mol. The second-order valence-corrected chi connectivity index (χ2v) is 6.64. The molecule has 114 valence electrons. The largest absolute Gasteiger partial charge is 0.417 e. The van der Waals surface area contributed by atoms with E-state index in [4.69, 9.17) is 0 Å². The fourth-order valence-corrected chi connectivity index (χ4v) is 3.11. The molecule has 0 spiro atoms. The van der Waals surface area contributed by atoms with Crippen molar-refractivity contribution in [1.29, 1.82) is 0 Å². The fraction of sp³-hybridized carbons (Fsp3) is 0.500. The van der Waals surface area contributed by atoms with Gasteiger partial charge in [0.1, 0.15) is 5.60 Å². The van der Waals surface area contributed by atoms with Crippen molar-refractivity contribution < 1.29 is 23.1 Å². The van der Waals surface area contributed by atoms with Crippen molar-refractivity contribution in [1.82, 2.24) is 4.90 Å². The maximum Gasteiger partial charge on any atom is 0.417 e. The molecule has 0 radical (unpaired) electrons. The van der Waals surface area contributed by atoms with Gasteiger partial charge in [0.2, 0.25) is 0 Å². The lowest BCUT2D eigenvalue weighted by Crippen LogP contribution is -2.64. The number of amides is 1. The van der Waals surface area contributed by atoms with Crippen LogP contribution in [0, 0.1) is 5.92 Å². The Bertz CT molecular complexity index is 592. The first-order valence-electron chi connectivity index (χ1n) is 6.59. The molecule has 1 amide bonds. The third kappa shape index (κ3) is 2.68. The number of halogens is 4. The van der Waals surface area contributed by atoms with Gasteiger partial charge in [-0.1, -0.05) is 15.9 Å². The molecular formula is C14H13BrF3NO2. The normalized spacial score (nSPS) is 21.1. The third-order valence-corrected chi connectivity index (χ3v) is 4.56. The molecule has 1 aromatic rings. The average molecular weight is 364 g/mol. The molecule has 1 N–H and O–H groups in total. The summed E-state index contributed by atoms with van der Waals surface area (Å²) in [5.41, 5.74) is -2.23. The number of likely N-dealkylation sites (tertiary alicyclic amines) is 1. The van der Waals surface area contributed by atoms with Crippen LogP contribution in [0.1, 0.15) is 28.8 Å². The topological polar surface area (TPSA) is 40.5 Å². The minimum Gasteiger partial charge on any atom is -0.386 e. The minimum atomic E-state index is -4.59. The van der Waals surface area contributed by atoms with E-state index in [0.29, 0.717) is 0 Å². The Morgan fingerprint density at radius 1 is 1.33 bits per heavy atom. The van der Waals surface area contributed by atoms with Gasteiger partial charge in [-0.25, -0.2) is 0 Å². The zero-order valence-corrected chi connectivity index (χ0v) is 12.5. The van der Waals surface area contributed by atoms with Gasteiger partial charge in [0.15, 0.2) is 0 Å². The van der Waals surface area contributed by atoms with E-state index >= 15 is 0 Å². The lowest BCUT2D eigenvalue weighted by Gasteiger charge is -2.47. The Morgan fingerprint density at radius 2 is 1.95 bits per heavy atom. The fourth-order valence-electron chi connectivity index (χ4n) is 2.75. The van der Waals surface area contributed by atoms with Gasteiger partial charge in [0, 0.05) is 4.47 Å². The Balaban J connectivity index is 1.82. The molecule has 3 rings (SSSR count). The molecule has 0 atom stereocenters. The van der Waals surface area contributed by atoms with Gasteiger partial charge in [-0.05, 0) is 37.0 Å². The predicted molar refractivity (Wildman–Crippen MR) is 72.7 cm³/mol. The van der Waals surface area contributed by atoms with Gasteiger partial charge >= 0.3 is 6.18 Å². The smallest absolute Gasteiger partial charge is 0.386 e. The van der Waals surface area contributed by atoms with Gasteiger partial charge < -0.3 is 10.0 Å². The number of benzene rings is 1. The molecule has 1 aliphatic heterocycles. The number of carbonyl (C=O) groups excluding carboxylic acids is 1. The maximum atomic E-state index is 13.0. The van der Waals surface area contributed by atoms with Crippen LogP contribution in [0.2, 0.25) is 0 Å². The first kappa shape index (κ1) is 14.8. The average Bonchev–Trinajstić information content (AvgIpc) is 3.17. The third-order valence-electron chi connectivity index (χ3n) is 4.07. The number of nitrogens with zero attached hydrogens (tertiary/aromatic N) is 1. The van der Waals surface area contributed by atoms with E-state index in [2.05, 4.69) is 15.9 Å². The highest BCUT2D eigenvalue weighted by Crippen LogP contribution is 2.45. The molecule has 1 heterocycles. The first-order valence-corrected chi connectivity index (χ1v) is 7.38. The Morgan fingerprint density at radius 3 is 2.48 bits per heavy atom. The van der Waals surface area contributed by atoms with E-state index < -0.39 is 23.2 Å². The standard InChI is InChI=1S/C14H13BrF3NO2/c15-9-3-4-10(11(5-9)14(16,17)18)12(20)19-6-13(21,7-19)8-1-2-8/h3-5,8,21H,1-2,6-7H2. The summed E-state index contributed by atoms with van der Waals surface area (Å²) in [5, 5.41) is 10.2. The molecule has 21 heavy (non-hydrogen) atoms. The lowest BCUT2D eigenvalue weighted by molar-refractivity contribution is -0.138. The van der Waals surface area contributed by atoms with Crippen molar-refractivity contribution in [2.24, 2.45) is 5.92 Å². The summed E-state index contributed by atoms with van der Waals surface area (Å²) in [4.78, 5) is 13.5. The van der Waals surface area contributed by atoms with Crippen LogP contribution in [0.25, 0.3) is 0 Å². The number of rotatable bonds is 2. The number of carbonyl (C=O) groups is 1. The number of β-amino-alcohol motifs (C(OH)–C–C–N with tert-alkyl or cyclic N) is 1. The molecule has 0 bridgehead atoms. The Kier molecular flexibility index (Phi) is 3.33. The van der Waals surface area contributed by atoms with Crippen LogP contribution in [-0.2, 0) is 6.18 Å². The van der Waals surface area contributed by atoms with Crippen molar-refractivity contribution in [3.05, 3.63) is 33.8 Å². The van der Waals surface area contributed by atoms with Crippen LogP contribution in [0.5, 0.6) is 0 Å². The summed E-state index contributed by atoms with van der Waals surface area (Å²) in [6.45, 7) is 0.230. The van der Waals surface area contributed by atoms with Gasteiger partial charge in [0.25, 0.3) is 5.91 Å². The number of aliphatic hydroxyl groups is 1. The zero-order chi connectivity index (χ0) is 15.4. The number of alkyl halides is 3. The molecule has 1 aromatic carbocycles. The highest BCUT2D eigenvalue weighted by Gasteiger charge is 2.53. The molecule has 1 saturated carbocycles. The first-order chi connectivity index (χ1) is 9.71. The van der Waals surface area contributed by atoms with E-state index in [1.54, 1.807) is 0 Å². The monoisotopic (exact) mass is 363 g/mol. The summed E-state index contributed by atoms with van der Waals surface area (Å²) in [6.07, 6.45) is -2.75. The van der Waals surface area contributed by atoms with Crippen LogP contribution in [0.3, 0.4) is 0 Å². The van der Waals surface area contributed by atoms with Crippen LogP contribution in [0.4, 0.5) is 13.2 Å². The molecule has 2 aliphatic rings. The maximum absolute atomic E-state index is 13.0. The van der Waals surface area contributed by atoms with Gasteiger partial charge in [-0.15, -0.1) is 0 Å². The van der Waals surface area contributed by atoms with Gasteiger partial charge in [-0.3, -0.25) is 4.79 Å². The molecule has 1 aliphatic carbocycles. The lowest BCUT2D eigenvalue weighted by atomic mass is 9.88. The SMILES string of the molecule is O=C(c1ccc(Br)cc1C(F)(F)F)N1CC(O)(C2CC2)C1. The second-order valence-electron chi connectivity index (χ2n) is 5.73. The summed E-state index contributed by atoms with van der Waals surface area (Å²) in [7, 11) is 0. The Labute approximate surface area is 127 Å². The number of hydrogen-bond donors (Lipinski definition) is 1. The molecule has 7 heteroatoms. The summed E-state index contributed by atoms with van der Waals surface area (Å²) in [6, 6.07) is 3.49. The zero-order valence-electron chi connectivity index (χ0n) is 11.0. The second kappa shape index (κ2) is 4.71. The van der Waals surface area contributed by atoms with E-state index in [-0.39, 0.29) is 29.0 Å². The van der Waals surface area contributed by atoms with Gasteiger partial charge in [0.05, 0.1) is 24.2 Å². The molecule has 1 saturated heterocycles. The van der Waals surface area contributed by atoms with Crippen molar-refractivity contribution >= 4 is 21.8 Å². The molecule has 3 nitrogen and oxygen atoms in total. The predicted octanol–water partition coefficient (Wildman–Crippen LogP) is 3.06. The summed E-state index contributed by atoms with van der Waals surface area (Å²) < 4.78 is 39.3. The minimum absolute atomic E-state index is 0.115. The number of hydrogen-bond acceptors (Lipinski definition) is 2. The molecule has 2 fully saturated rings. The highest BCUT2D eigenvalue weighted by atomic mass is 79.9. The molecule has 0 aromatic heterocycles. The van der Waals surface area contributed by atoms with Crippen molar-refractivity contribution in [3.8, 4) is 0 Å². The van der Waals surface area contributed by atoms with Crippen LogP contribution in [0.15, 0.2) is 22.7 Å². The quantitative estimate of drug-likeness (QED) is 0.877. The summed E-state index contributed by atoms with van der Waals surface area (Å²) in [5.74, 6) is -0.492. The van der Waals surface area contributed by atoms with E-state index in [9.17, 15) is 23.1 Å². The Hall–Kier alpha value is -1.08.